The molecule has 2 fully saturated rings. The van der Waals surface area contributed by atoms with Crippen LogP contribution < -0.4 is 0 Å². The number of nitrogens with zero attached hydrogens (tertiary/aromatic N) is 3. The number of hydrogen-bond acceptors (Lipinski definition) is 2. The number of rotatable bonds is 0. The van der Waals surface area contributed by atoms with Gasteiger partial charge in [0.05, 0.1) is 6.04 Å². The standard InChI is InChI=1S/C9H17N3O/c1-10(2)9(13)12-6-8-7(12)4-5-11(8)3/h7-8H,4-6H2,1-3H3. The Balaban J connectivity index is 1.97. The van der Waals surface area contributed by atoms with Gasteiger partial charge in [-0.25, -0.2) is 4.79 Å². The van der Waals surface area contributed by atoms with Gasteiger partial charge in [-0.05, 0) is 13.5 Å². The van der Waals surface area contributed by atoms with Crippen LogP contribution in [-0.4, -0.2) is 67.0 Å². The molecule has 0 radical (unpaired) electrons. The van der Waals surface area contributed by atoms with Crippen molar-refractivity contribution in [3.05, 3.63) is 0 Å². The number of likely N-dealkylation sites (tertiary alicyclic amines) is 2. The Morgan fingerprint density at radius 2 is 2.08 bits per heavy atom. The van der Waals surface area contributed by atoms with Crippen LogP contribution in [0.1, 0.15) is 6.42 Å². The second-order valence-corrected chi connectivity index (χ2v) is 4.23. The highest BCUT2D eigenvalue weighted by Gasteiger charge is 2.47. The van der Waals surface area contributed by atoms with Gasteiger partial charge in [0.25, 0.3) is 0 Å². The molecule has 2 aliphatic heterocycles. The van der Waals surface area contributed by atoms with Crippen molar-refractivity contribution in [2.45, 2.75) is 18.5 Å². The zero-order valence-corrected chi connectivity index (χ0v) is 8.53. The molecule has 4 nitrogen and oxygen atoms in total. The molecule has 13 heavy (non-hydrogen) atoms. The van der Waals surface area contributed by atoms with Crippen molar-refractivity contribution in [2.24, 2.45) is 0 Å². The average molecular weight is 183 g/mol. The second kappa shape index (κ2) is 2.87. The van der Waals surface area contributed by atoms with Gasteiger partial charge < -0.3 is 9.80 Å². The van der Waals surface area contributed by atoms with Gasteiger partial charge in [0.15, 0.2) is 0 Å². The fraction of sp³-hybridized carbons (Fsp3) is 0.889. The summed E-state index contributed by atoms with van der Waals surface area (Å²) < 4.78 is 0. The maximum Gasteiger partial charge on any atom is 0.319 e. The van der Waals surface area contributed by atoms with E-state index in [0.29, 0.717) is 12.1 Å². The number of hydrogen-bond donors (Lipinski definition) is 0. The molecule has 4 heteroatoms. The quantitative estimate of drug-likeness (QED) is 0.531. The predicted molar refractivity (Wildman–Crippen MR) is 50.6 cm³/mol. The molecule has 0 aromatic heterocycles. The summed E-state index contributed by atoms with van der Waals surface area (Å²) in [5.74, 6) is 0. The van der Waals surface area contributed by atoms with Gasteiger partial charge in [0, 0.05) is 33.2 Å². The summed E-state index contributed by atoms with van der Waals surface area (Å²) in [6, 6.07) is 1.28. The Bertz CT molecular complexity index is 229. The zero-order chi connectivity index (χ0) is 9.59. The first-order valence-corrected chi connectivity index (χ1v) is 4.79. The van der Waals surface area contributed by atoms with E-state index in [4.69, 9.17) is 0 Å². The Morgan fingerprint density at radius 3 is 2.62 bits per heavy atom. The third-order valence-electron chi connectivity index (χ3n) is 3.20. The monoisotopic (exact) mass is 183 g/mol. The van der Waals surface area contributed by atoms with Crippen molar-refractivity contribution >= 4 is 6.03 Å². The molecule has 74 valence electrons. The fourth-order valence-electron chi connectivity index (χ4n) is 2.29. The smallest absolute Gasteiger partial charge is 0.319 e. The highest BCUT2D eigenvalue weighted by molar-refractivity contribution is 5.75. The zero-order valence-electron chi connectivity index (χ0n) is 8.53. The normalized spacial score (nSPS) is 32.7. The van der Waals surface area contributed by atoms with Crippen LogP contribution in [-0.2, 0) is 0 Å². The summed E-state index contributed by atoms with van der Waals surface area (Å²) in [5.41, 5.74) is 0. The molecule has 2 amide bonds. The molecule has 2 unspecified atom stereocenters. The summed E-state index contributed by atoms with van der Waals surface area (Å²) >= 11 is 0. The molecule has 0 aromatic rings. The Kier molecular flexibility index (Phi) is 1.95. The van der Waals surface area contributed by atoms with Crippen molar-refractivity contribution in [1.29, 1.82) is 0 Å². The van der Waals surface area contributed by atoms with Gasteiger partial charge in [-0.2, -0.15) is 0 Å². The lowest BCUT2D eigenvalue weighted by molar-refractivity contribution is 0.0500. The molecule has 2 rings (SSSR count). The first kappa shape index (κ1) is 8.81. The summed E-state index contributed by atoms with van der Waals surface area (Å²) in [7, 11) is 5.77. The number of carbonyl (C=O) groups is 1. The number of amides is 2. The molecule has 0 aromatic carbocycles. The van der Waals surface area contributed by atoms with E-state index in [1.807, 2.05) is 19.0 Å². The number of urea groups is 1. The molecule has 2 atom stereocenters. The van der Waals surface area contributed by atoms with Crippen LogP contribution in [0.4, 0.5) is 4.79 Å². The van der Waals surface area contributed by atoms with E-state index in [2.05, 4.69) is 11.9 Å². The highest BCUT2D eigenvalue weighted by Crippen LogP contribution is 2.31. The lowest BCUT2D eigenvalue weighted by Crippen LogP contribution is -2.64. The molecular formula is C9H17N3O. The lowest BCUT2D eigenvalue weighted by Gasteiger charge is -2.46. The van der Waals surface area contributed by atoms with E-state index >= 15 is 0 Å². The third kappa shape index (κ3) is 1.20. The molecule has 0 N–H and O–H groups in total. The maximum absolute atomic E-state index is 11.6. The van der Waals surface area contributed by atoms with Crippen molar-refractivity contribution in [3.63, 3.8) is 0 Å². The topological polar surface area (TPSA) is 26.8 Å². The minimum Gasteiger partial charge on any atom is -0.331 e. The third-order valence-corrected chi connectivity index (χ3v) is 3.20. The highest BCUT2D eigenvalue weighted by atomic mass is 16.2. The van der Waals surface area contributed by atoms with Gasteiger partial charge in [0.1, 0.15) is 0 Å². The number of fused-ring (bicyclic) bond motifs is 1. The van der Waals surface area contributed by atoms with E-state index in [-0.39, 0.29) is 6.03 Å². The number of carbonyl (C=O) groups excluding carboxylic acids is 1. The van der Waals surface area contributed by atoms with Crippen molar-refractivity contribution in [3.8, 4) is 0 Å². The van der Waals surface area contributed by atoms with E-state index in [1.54, 1.807) is 4.90 Å². The maximum atomic E-state index is 11.6. The average Bonchev–Trinajstić information content (AvgIpc) is 2.27. The molecule has 0 bridgehead atoms. The molecule has 0 saturated carbocycles. The Labute approximate surface area is 79.1 Å². The van der Waals surface area contributed by atoms with E-state index in [0.717, 1.165) is 19.5 Å². The van der Waals surface area contributed by atoms with Gasteiger partial charge in [-0.3, -0.25) is 4.90 Å². The summed E-state index contributed by atoms with van der Waals surface area (Å²) in [6.45, 7) is 2.05. The van der Waals surface area contributed by atoms with Crippen LogP contribution in [0.25, 0.3) is 0 Å². The van der Waals surface area contributed by atoms with Gasteiger partial charge in [0.2, 0.25) is 0 Å². The van der Waals surface area contributed by atoms with Crippen LogP contribution in [0.3, 0.4) is 0 Å². The fourth-order valence-corrected chi connectivity index (χ4v) is 2.29. The summed E-state index contributed by atoms with van der Waals surface area (Å²) in [4.78, 5) is 17.6. The largest absolute Gasteiger partial charge is 0.331 e. The van der Waals surface area contributed by atoms with E-state index in [1.165, 1.54) is 0 Å². The first-order valence-electron chi connectivity index (χ1n) is 4.79. The Hall–Kier alpha value is -0.770. The molecular weight excluding hydrogens is 166 g/mol. The lowest BCUT2D eigenvalue weighted by atomic mass is 9.98. The van der Waals surface area contributed by atoms with Crippen molar-refractivity contribution < 1.29 is 4.79 Å². The van der Waals surface area contributed by atoms with Gasteiger partial charge in [-0.1, -0.05) is 0 Å². The molecule has 0 spiro atoms. The van der Waals surface area contributed by atoms with Crippen LogP contribution in [0.2, 0.25) is 0 Å². The minimum atomic E-state index is 0.163. The van der Waals surface area contributed by atoms with E-state index in [9.17, 15) is 4.79 Å². The number of likely N-dealkylation sites (N-methyl/N-ethyl adjacent to an activating group) is 1. The van der Waals surface area contributed by atoms with Crippen LogP contribution in [0.5, 0.6) is 0 Å². The van der Waals surface area contributed by atoms with Gasteiger partial charge >= 0.3 is 6.03 Å². The van der Waals surface area contributed by atoms with Crippen molar-refractivity contribution in [2.75, 3.05) is 34.2 Å². The second-order valence-electron chi connectivity index (χ2n) is 4.23. The Morgan fingerprint density at radius 1 is 1.38 bits per heavy atom. The van der Waals surface area contributed by atoms with Crippen LogP contribution in [0.15, 0.2) is 0 Å². The summed E-state index contributed by atoms with van der Waals surface area (Å²) in [6.07, 6.45) is 1.14. The van der Waals surface area contributed by atoms with Crippen LogP contribution in [0, 0.1) is 0 Å². The molecule has 2 aliphatic rings. The molecule has 0 aliphatic carbocycles. The van der Waals surface area contributed by atoms with E-state index < -0.39 is 0 Å². The summed E-state index contributed by atoms with van der Waals surface area (Å²) in [5, 5.41) is 0. The first-order chi connectivity index (χ1) is 6.11. The molecule has 2 saturated heterocycles. The van der Waals surface area contributed by atoms with Crippen LogP contribution >= 0.6 is 0 Å². The minimum absolute atomic E-state index is 0.163. The molecule has 2 heterocycles. The predicted octanol–water partition coefficient (Wildman–Crippen LogP) is 0.0563. The SMILES string of the molecule is CN(C)C(=O)N1CC2C1CCN2C. The van der Waals surface area contributed by atoms with Gasteiger partial charge in [-0.15, -0.1) is 0 Å². The van der Waals surface area contributed by atoms with Crippen molar-refractivity contribution in [1.82, 2.24) is 14.7 Å².